The second kappa shape index (κ2) is 5.06. The molecule has 0 unspecified atom stereocenters. The topological polar surface area (TPSA) is 90.6 Å². The van der Waals surface area contributed by atoms with Crippen molar-refractivity contribution in [1.82, 2.24) is 4.98 Å². The summed E-state index contributed by atoms with van der Waals surface area (Å²) < 4.78 is 25.9. The zero-order valence-electron chi connectivity index (χ0n) is 8.12. The van der Waals surface area contributed by atoms with E-state index in [4.69, 9.17) is 0 Å². The summed E-state index contributed by atoms with van der Waals surface area (Å²) in [6.07, 6.45) is 0. The summed E-state index contributed by atoms with van der Waals surface area (Å²) >= 11 is 1.34. The number of benzene rings is 1. The molecule has 86 valence electrons. The van der Waals surface area contributed by atoms with Crippen molar-refractivity contribution in [2.24, 2.45) is 0 Å². The summed E-state index contributed by atoms with van der Waals surface area (Å²) in [5, 5.41) is 1.64. The third kappa shape index (κ3) is 2.78. The molecule has 0 atom stereocenters. The van der Waals surface area contributed by atoms with E-state index in [1.807, 2.05) is 0 Å². The number of nitrogens with one attached hydrogen (secondary N) is 1. The van der Waals surface area contributed by atoms with Crippen LogP contribution in [0.1, 0.15) is 0 Å². The molecular formula is C9H10N2O3S2. The van der Waals surface area contributed by atoms with Gasteiger partial charge in [-0.2, -0.15) is 0 Å². The Kier molecular flexibility index (Phi) is 3.99. The Bertz CT molecular complexity index is 523. The van der Waals surface area contributed by atoms with Crippen LogP contribution in [-0.4, -0.2) is 18.9 Å². The molecular weight excluding hydrogens is 248 g/mol. The van der Waals surface area contributed by atoms with Crippen LogP contribution in [0.5, 0.6) is 0 Å². The van der Waals surface area contributed by atoms with E-state index in [1.54, 1.807) is 29.1 Å². The molecule has 0 spiro atoms. The fourth-order valence-electron chi connectivity index (χ4n) is 1.06. The van der Waals surface area contributed by atoms with Gasteiger partial charge in [0, 0.05) is 5.38 Å². The van der Waals surface area contributed by atoms with Gasteiger partial charge in [0.25, 0.3) is 10.0 Å². The molecule has 0 saturated heterocycles. The van der Waals surface area contributed by atoms with E-state index in [0.29, 0.717) is 5.82 Å². The highest BCUT2D eigenvalue weighted by Gasteiger charge is 2.13. The summed E-state index contributed by atoms with van der Waals surface area (Å²) in [6, 6.07) is 8.19. The Morgan fingerprint density at radius 1 is 1.19 bits per heavy atom. The zero-order valence-corrected chi connectivity index (χ0v) is 9.75. The van der Waals surface area contributed by atoms with Crippen LogP contribution in [0.2, 0.25) is 0 Å². The first kappa shape index (κ1) is 12.6. The summed E-state index contributed by atoms with van der Waals surface area (Å²) in [4.78, 5) is 4.09. The summed E-state index contributed by atoms with van der Waals surface area (Å²) in [6.45, 7) is 0. The van der Waals surface area contributed by atoms with Crippen LogP contribution in [0.4, 0.5) is 5.82 Å². The Morgan fingerprint density at radius 3 is 2.44 bits per heavy atom. The van der Waals surface area contributed by atoms with Crippen molar-refractivity contribution in [2.75, 3.05) is 4.72 Å². The minimum Gasteiger partial charge on any atom is -0.412 e. The molecule has 1 aromatic carbocycles. The van der Waals surface area contributed by atoms with E-state index in [9.17, 15) is 8.42 Å². The molecule has 2 aromatic rings. The lowest BCUT2D eigenvalue weighted by molar-refractivity contribution is 0.601. The monoisotopic (exact) mass is 258 g/mol. The van der Waals surface area contributed by atoms with Gasteiger partial charge in [-0.1, -0.05) is 18.2 Å². The molecule has 0 aliphatic carbocycles. The van der Waals surface area contributed by atoms with Crippen molar-refractivity contribution >= 4 is 27.2 Å². The van der Waals surface area contributed by atoms with Crippen molar-refractivity contribution in [3.05, 3.63) is 41.2 Å². The highest BCUT2D eigenvalue weighted by atomic mass is 32.2. The molecule has 0 bridgehead atoms. The molecule has 7 heteroatoms. The Hall–Kier alpha value is -1.44. The summed E-state index contributed by atoms with van der Waals surface area (Å²) in [5.41, 5.74) is 1.57. The van der Waals surface area contributed by atoms with E-state index < -0.39 is 10.0 Å². The van der Waals surface area contributed by atoms with Crippen LogP contribution in [0.3, 0.4) is 0 Å². The van der Waals surface area contributed by atoms with Gasteiger partial charge >= 0.3 is 0 Å². The van der Waals surface area contributed by atoms with E-state index in [-0.39, 0.29) is 10.4 Å². The average Bonchev–Trinajstić information content (AvgIpc) is 2.71. The molecule has 5 nitrogen and oxygen atoms in total. The molecule has 2 rings (SSSR count). The maximum absolute atomic E-state index is 11.8. The van der Waals surface area contributed by atoms with Gasteiger partial charge in [0.1, 0.15) is 0 Å². The smallest absolute Gasteiger partial charge is 0.263 e. The number of nitrogens with zero attached hydrogens (tertiary/aromatic N) is 1. The van der Waals surface area contributed by atoms with Gasteiger partial charge in [0.05, 0.1) is 10.4 Å². The van der Waals surface area contributed by atoms with E-state index in [1.165, 1.54) is 23.5 Å². The number of hydrogen-bond donors (Lipinski definition) is 1. The van der Waals surface area contributed by atoms with Crippen LogP contribution in [0.15, 0.2) is 46.1 Å². The largest absolute Gasteiger partial charge is 0.412 e. The predicted octanol–water partition coefficient (Wildman–Crippen LogP) is 1.12. The number of aromatic nitrogens is 1. The first-order valence-corrected chi connectivity index (χ1v) is 6.57. The minimum atomic E-state index is -3.49. The Labute approximate surface area is 97.1 Å². The average molecular weight is 258 g/mol. The maximum Gasteiger partial charge on any atom is 0.263 e. The van der Waals surface area contributed by atoms with Crippen LogP contribution in [-0.2, 0) is 10.0 Å². The normalized spacial score (nSPS) is 10.5. The van der Waals surface area contributed by atoms with Crippen LogP contribution >= 0.6 is 11.3 Å². The van der Waals surface area contributed by atoms with Crippen LogP contribution < -0.4 is 4.72 Å². The molecule has 1 aromatic heterocycles. The van der Waals surface area contributed by atoms with Crippen molar-refractivity contribution in [2.45, 2.75) is 4.90 Å². The maximum atomic E-state index is 11.8. The fourth-order valence-corrected chi connectivity index (χ4v) is 2.64. The third-order valence-electron chi connectivity index (χ3n) is 1.72. The molecule has 16 heavy (non-hydrogen) atoms. The van der Waals surface area contributed by atoms with E-state index in [0.717, 1.165) is 0 Å². The van der Waals surface area contributed by atoms with Gasteiger partial charge in [0.15, 0.2) is 5.82 Å². The first-order chi connectivity index (χ1) is 7.18. The quantitative estimate of drug-likeness (QED) is 0.894. The Morgan fingerprint density at radius 2 is 1.88 bits per heavy atom. The second-order valence-corrected chi connectivity index (χ2v) is 5.19. The number of hydrogen-bond acceptors (Lipinski definition) is 4. The lowest BCUT2D eigenvalue weighted by Gasteiger charge is -2.04. The van der Waals surface area contributed by atoms with Gasteiger partial charge < -0.3 is 5.48 Å². The number of rotatable bonds is 3. The van der Waals surface area contributed by atoms with E-state index in [2.05, 4.69) is 9.71 Å². The van der Waals surface area contributed by atoms with Crippen LogP contribution in [0, 0.1) is 0 Å². The van der Waals surface area contributed by atoms with Crippen molar-refractivity contribution in [3.8, 4) is 0 Å². The molecule has 0 saturated carbocycles. The SMILES string of the molecule is O.O=S(=O)(Nc1cscn1)c1ccccc1. The van der Waals surface area contributed by atoms with Crippen molar-refractivity contribution in [3.63, 3.8) is 0 Å². The van der Waals surface area contributed by atoms with Crippen molar-refractivity contribution < 1.29 is 13.9 Å². The van der Waals surface area contributed by atoms with Gasteiger partial charge in [-0.25, -0.2) is 13.4 Å². The molecule has 0 aliphatic heterocycles. The fraction of sp³-hybridized carbons (Fsp3) is 0. The van der Waals surface area contributed by atoms with Gasteiger partial charge in [0.2, 0.25) is 0 Å². The first-order valence-electron chi connectivity index (χ1n) is 4.14. The molecule has 0 aliphatic rings. The lowest BCUT2D eigenvalue weighted by Crippen LogP contribution is -2.12. The second-order valence-electron chi connectivity index (χ2n) is 2.79. The minimum absolute atomic E-state index is 0. The van der Waals surface area contributed by atoms with Gasteiger partial charge in [-0.05, 0) is 12.1 Å². The molecule has 0 amide bonds. The summed E-state index contributed by atoms with van der Waals surface area (Å²) in [5.74, 6) is 0.351. The molecule has 3 N–H and O–H groups in total. The lowest BCUT2D eigenvalue weighted by atomic mass is 10.4. The highest BCUT2D eigenvalue weighted by Crippen LogP contribution is 2.14. The van der Waals surface area contributed by atoms with Gasteiger partial charge in [-0.3, -0.25) is 4.72 Å². The molecule has 0 radical (unpaired) electrons. The number of anilines is 1. The Balaban J connectivity index is 0.00000128. The third-order valence-corrected chi connectivity index (χ3v) is 3.68. The molecule has 0 fully saturated rings. The van der Waals surface area contributed by atoms with E-state index >= 15 is 0 Å². The van der Waals surface area contributed by atoms with Gasteiger partial charge in [-0.15, -0.1) is 11.3 Å². The highest BCUT2D eigenvalue weighted by molar-refractivity contribution is 7.92. The molecule has 1 heterocycles. The van der Waals surface area contributed by atoms with Crippen LogP contribution in [0.25, 0.3) is 0 Å². The number of sulfonamides is 1. The van der Waals surface area contributed by atoms with Crippen molar-refractivity contribution in [1.29, 1.82) is 0 Å². The zero-order chi connectivity index (χ0) is 10.7. The predicted molar refractivity (Wildman–Crippen MR) is 63.0 cm³/mol. The number of thiazole rings is 1. The standard InChI is InChI=1S/C9H8N2O2S2.H2O/c12-15(13,8-4-2-1-3-5-8)11-9-6-14-7-10-9;/h1-7,11H;1H2. The summed E-state index contributed by atoms with van der Waals surface area (Å²) in [7, 11) is -3.49.